The number of benzene rings is 1. The Morgan fingerprint density at radius 1 is 1.30 bits per heavy atom. The first-order chi connectivity index (χ1) is 13.2. The molecule has 1 aromatic heterocycles. The Bertz CT molecular complexity index is 760. The third-order valence-corrected chi connectivity index (χ3v) is 8.10. The number of ether oxygens (including phenoxy) is 2. The van der Waals surface area contributed by atoms with Crippen LogP contribution in [0, 0.1) is 0 Å². The van der Waals surface area contributed by atoms with Crippen molar-refractivity contribution in [1.29, 1.82) is 0 Å². The Labute approximate surface area is 172 Å². The molecule has 5 nitrogen and oxygen atoms in total. The number of aromatic nitrogens is 1. The second-order valence-electron chi connectivity index (χ2n) is 6.23. The maximum atomic E-state index is 12.2. The molecule has 1 aliphatic rings. The Morgan fingerprint density at radius 3 is 2.93 bits per heavy atom. The summed E-state index contributed by atoms with van der Waals surface area (Å²) in [7, 11) is 7.22. The van der Waals surface area contributed by atoms with E-state index in [1.807, 2.05) is 45.2 Å². The summed E-state index contributed by atoms with van der Waals surface area (Å²) in [5.74, 6) is 2.76. The number of hydrogen-bond acceptors (Lipinski definition) is 7. The van der Waals surface area contributed by atoms with Gasteiger partial charge in [-0.3, -0.25) is 4.79 Å². The molecule has 1 fully saturated rings. The average Bonchev–Trinajstić information content (AvgIpc) is 3.36. The van der Waals surface area contributed by atoms with Crippen LogP contribution in [0.4, 0.5) is 5.13 Å². The standard InChI is InChI=1S/C19H24N2O3S3/c1-23-13-7-8-17(24-2)15(11-13)16-12-25-19(20-16)21-18(22)6-4-3-5-14-9-10-26-27-14/h7-8,11-12,14H,3-6,9-10H2,1-2H3,(H,20,21,22). The first-order valence-electron chi connectivity index (χ1n) is 8.95. The monoisotopic (exact) mass is 424 g/mol. The number of carbonyl (C=O) groups excluding carboxylic acids is 1. The van der Waals surface area contributed by atoms with Crippen LogP contribution in [0.25, 0.3) is 11.3 Å². The van der Waals surface area contributed by atoms with Crippen LogP contribution in [0.15, 0.2) is 23.6 Å². The fourth-order valence-corrected chi connectivity index (χ4v) is 6.63. The Kier molecular flexibility index (Phi) is 7.72. The van der Waals surface area contributed by atoms with Gasteiger partial charge < -0.3 is 14.8 Å². The minimum Gasteiger partial charge on any atom is -0.497 e. The maximum Gasteiger partial charge on any atom is 0.226 e. The number of thiazole rings is 1. The van der Waals surface area contributed by atoms with E-state index < -0.39 is 0 Å². The lowest BCUT2D eigenvalue weighted by atomic mass is 10.1. The van der Waals surface area contributed by atoms with Crippen molar-refractivity contribution in [2.45, 2.75) is 37.4 Å². The van der Waals surface area contributed by atoms with Gasteiger partial charge in [0.1, 0.15) is 11.5 Å². The summed E-state index contributed by atoms with van der Waals surface area (Å²) in [6, 6.07) is 5.59. The molecule has 1 atom stereocenters. The van der Waals surface area contributed by atoms with Crippen LogP contribution in [0.2, 0.25) is 0 Å². The van der Waals surface area contributed by atoms with Crippen molar-refractivity contribution in [2.24, 2.45) is 0 Å². The summed E-state index contributed by atoms with van der Waals surface area (Å²) in [6.07, 6.45) is 5.09. The summed E-state index contributed by atoms with van der Waals surface area (Å²) >= 11 is 1.42. The van der Waals surface area contributed by atoms with Crippen molar-refractivity contribution in [2.75, 3.05) is 25.3 Å². The predicted octanol–water partition coefficient (Wildman–Crippen LogP) is 5.48. The molecule has 1 saturated heterocycles. The first kappa shape index (κ1) is 20.4. The lowest BCUT2D eigenvalue weighted by molar-refractivity contribution is -0.116. The minimum atomic E-state index is 0.0296. The molecule has 27 heavy (non-hydrogen) atoms. The van der Waals surface area contributed by atoms with E-state index in [0.29, 0.717) is 11.6 Å². The second kappa shape index (κ2) is 10.2. The number of unbranched alkanes of at least 4 members (excludes halogenated alkanes) is 1. The van der Waals surface area contributed by atoms with E-state index in [0.717, 1.165) is 40.8 Å². The van der Waals surface area contributed by atoms with E-state index in [4.69, 9.17) is 9.47 Å². The number of methoxy groups -OCH3 is 2. The van der Waals surface area contributed by atoms with E-state index in [1.54, 1.807) is 14.2 Å². The van der Waals surface area contributed by atoms with Crippen molar-refractivity contribution >= 4 is 44.0 Å². The van der Waals surface area contributed by atoms with Crippen LogP contribution in [0.3, 0.4) is 0 Å². The summed E-state index contributed by atoms with van der Waals surface area (Å²) < 4.78 is 10.7. The maximum absolute atomic E-state index is 12.2. The third kappa shape index (κ3) is 5.80. The van der Waals surface area contributed by atoms with Gasteiger partial charge in [-0.25, -0.2) is 4.98 Å². The molecular formula is C19H24N2O3S3. The first-order valence-corrected chi connectivity index (χ1v) is 12.2. The number of hydrogen-bond donors (Lipinski definition) is 1. The van der Waals surface area contributed by atoms with Crippen molar-refractivity contribution in [3.63, 3.8) is 0 Å². The molecule has 2 aromatic rings. The summed E-state index contributed by atoms with van der Waals surface area (Å²) in [5, 5.41) is 6.22. The van der Waals surface area contributed by atoms with Crippen molar-refractivity contribution < 1.29 is 14.3 Å². The molecule has 3 rings (SSSR count). The Hall–Kier alpha value is -1.38. The van der Waals surface area contributed by atoms with Gasteiger partial charge in [0.15, 0.2) is 5.13 Å². The number of anilines is 1. The van der Waals surface area contributed by atoms with Gasteiger partial charge in [-0.05, 0) is 37.5 Å². The van der Waals surface area contributed by atoms with Crippen molar-refractivity contribution in [1.82, 2.24) is 4.98 Å². The molecule has 1 N–H and O–H groups in total. The highest BCUT2D eigenvalue weighted by Crippen LogP contribution is 2.40. The van der Waals surface area contributed by atoms with Crippen LogP contribution < -0.4 is 14.8 Å². The van der Waals surface area contributed by atoms with Crippen LogP contribution in [-0.2, 0) is 4.79 Å². The molecule has 8 heteroatoms. The molecule has 0 bridgehead atoms. The molecule has 2 heterocycles. The number of amides is 1. The molecule has 0 radical (unpaired) electrons. The molecule has 1 unspecified atom stereocenters. The highest BCUT2D eigenvalue weighted by molar-refractivity contribution is 8.77. The molecule has 0 saturated carbocycles. The number of nitrogens with one attached hydrogen (secondary N) is 1. The average molecular weight is 425 g/mol. The van der Waals surface area contributed by atoms with Crippen LogP contribution in [-0.4, -0.2) is 36.1 Å². The van der Waals surface area contributed by atoms with Crippen LogP contribution in [0.1, 0.15) is 32.1 Å². The largest absolute Gasteiger partial charge is 0.497 e. The highest BCUT2D eigenvalue weighted by Gasteiger charge is 2.16. The van der Waals surface area contributed by atoms with E-state index >= 15 is 0 Å². The quantitative estimate of drug-likeness (QED) is 0.425. The Morgan fingerprint density at radius 2 is 2.19 bits per heavy atom. The van der Waals surface area contributed by atoms with Crippen LogP contribution >= 0.6 is 32.9 Å². The number of carbonyl (C=O) groups is 1. The van der Waals surface area contributed by atoms with Gasteiger partial charge in [-0.1, -0.05) is 28.0 Å². The smallest absolute Gasteiger partial charge is 0.226 e. The van der Waals surface area contributed by atoms with Gasteiger partial charge in [-0.2, -0.15) is 0 Å². The summed E-state index contributed by atoms with van der Waals surface area (Å²) in [5.41, 5.74) is 1.61. The summed E-state index contributed by atoms with van der Waals surface area (Å²) in [4.78, 5) is 16.7. The molecule has 146 valence electrons. The van der Waals surface area contributed by atoms with Gasteiger partial charge in [0.25, 0.3) is 0 Å². The SMILES string of the molecule is COc1ccc(OC)c(-c2csc(NC(=O)CCCCC3CCSS3)n2)c1. The molecule has 0 aliphatic carbocycles. The zero-order valence-corrected chi connectivity index (χ0v) is 18.0. The lowest BCUT2D eigenvalue weighted by Crippen LogP contribution is -2.11. The van der Waals surface area contributed by atoms with Crippen LogP contribution in [0.5, 0.6) is 11.5 Å². The molecular weight excluding hydrogens is 400 g/mol. The highest BCUT2D eigenvalue weighted by atomic mass is 33.1. The molecule has 1 aliphatic heterocycles. The lowest BCUT2D eigenvalue weighted by Gasteiger charge is -2.08. The van der Waals surface area contributed by atoms with E-state index in [-0.39, 0.29) is 5.91 Å². The second-order valence-corrected chi connectivity index (χ2v) is 9.87. The van der Waals surface area contributed by atoms with Crippen molar-refractivity contribution in [3.05, 3.63) is 23.6 Å². The molecule has 1 aromatic carbocycles. The van der Waals surface area contributed by atoms with E-state index in [1.165, 1.54) is 29.9 Å². The topological polar surface area (TPSA) is 60.5 Å². The van der Waals surface area contributed by atoms with Gasteiger partial charge in [0.2, 0.25) is 5.91 Å². The Balaban J connectivity index is 1.52. The van der Waals surface area contributed by atoms with E-state index in [2.05, 4.69) is 10.3 Å². The fourth-order valence-electron chi connectivity index (χ4n) is 2.87. The fraction of sp³-hybridized carbons (Fsp3) is 0.474. The zero-order chi connectivity index (χ0) is 19.1. The third-order valence-electron chi connectivity index (χ3n) is 4.34. The zero-order valence-electron chi connectivity index (χ0n) is 15.5. The molecule has 0 spiro atoms. The van der Waals surface area contributed by atoms with Crippen molar-refractivity contribution in [3.8, 4) is 22.8 Å². The normalized spacial score (nSPS) is 16.3. The minimum absolute atomic E-state index is 0.0296. The van der Waals surface area contributed by atoms with E-state index in [9.17, 15) is 4.79 Å². The van der Waals surface area contributed by atoms with Gasteiger partial charge in [-0.15, -0.1) is 11.3 Å². The molecule has 1 amide bonds. The van der Waals surface area contributed by atoms with Gasteiger partial charge in [0.05, 0.1) is 19.9 Å². The predicted molar refractivity (Wildman–Crippen MR) is 116 cm³/mol. The van der Waals surface area contributed by atoms with Gasteiger partial charge in [0, 0.05) is 28.4 Å². The summed E-state index contributed by atoms with van der Waals surface area (Å²) in [6.45, 7) is 0. The number of nitrogens with zero attached hydrogens (tertiary/aromatic N) is 1. The van der Waals surface area contributed by atoms with Gasteiger partial charge >= 0.3 is 0 Å². The number of rotatable bonds is 9.